The second-order valence-corrected chi connectivity index (χ2v) is 7.01. The largest absolute Gasteiger partial charge is 0.410 e. The van der Waals surface area contributed by atoms with Crippen LogP contribution in [0.3, 0.4) is 0 Å². The molecule has 1 aromatic heterocycles. The zero-order valence-electron chi connectivity index (χ0n) is 12.0. The summed E-state index contributed by atoms with van der Waals surface area (Å²) in [5.74, 6) is 1.84. The molecule has 2 aromatic rings. The van der Waals surface area contributed by atoms with Crippen molar-refractivity contribution in [3.63, 3.8) is 0 Å². The lowest BCUT2D eigenvalue weighted by Crippen LogP contribution is -2.54. The lowest BCUT2D eigenvalue weighted by molar-refractivity contribution is -0.435. The van der Waals surface area contributed by atoms with Crippen LogP contribution < -0.4 is 5.73 Å². The second kappa shape index (κ2) is 7.49. The number of aromatic nitrogens is 2. The minimum absolute atomic E-state index is 0.0387. The Morgan fingerprint density at radius 1 is 1.24 bits per heavy atom. The lowest BCUT2D eigenvalue weighted by Gasteiger charge is -2.05. The van der Waals surface area contributed by atoms with Crippen molar-refractivity contribution in [3.8, 4) is 0 Å². The Balaban J connectivity index is 1.94. The molecule has 0 spiro atoms. The van der Waals surface area contributed by atoms with Crippen molar-refractivity contribution in [1.29, 1.82) is 0 Å². The third kappa shape index (κ3) is 4.88. The van der Waals surface area contributed by atoms with Gasteiger partial charge < -0.3 is 10.2 Å². The van der Waals surface area contributed by atoms with Gasteiger partial charge in [-0.25, -0.2) is 0 Å². The summed E-state index contributed by atoms with van der Waals surface area (Å²) < 4.78 is 5.64. The van der Waals surface area contributed by atoms with E-state index in [9.17, 15) is 0 Å². The van der Waals surface area contributed by atoms with Gasteiger partial charge in [-0.2, -0.15) is 0 Å². The number of halogens is 2. The molecule has 1 heterocycles. The van der Waals surface area contributed by atoms with E-state index >= 15 is 0 Å². The molecule has 3 N–H and O–H groups in total. The van der Waals surface area contributed by atoms with E-state index in [2.05, 4.69) is 29.8 Å². The molecule has 114 valence electrons. The predicted molar refractivity (Wildman–Crippen MR) is 85.4 cm³/mol. The molecular weight excluding hydrogens is 329 g/mol. The molecule has 0 amide bonds. The molecular formula is C14H18Cl2N3OS+. The van der Waals surface area contributed by atoms with Crippen LogP contribution in [-0.2, 0) is 5.75 Å². The Kier molecular flexibility index (Phi) is 5.93. The first kappa shape index (κ1) is 16.6. The number of thioether (sulfide) groups is 1. The molecule has 1 atom stereocenters. The molecule has 0 bridgehead atoms. The van der Waals surface area contributed by atoms with E-state index in [0.29, 0.717) is 32.8 Å². The maximum atomic E-state index is 5.99. The highest BCUT2D eigenvalue weighted by atomic mass is 35.5. The van der Waals surface area contributed by atoms with Crippen molar-refractivity contribution in [2.75, 3.05) is 0 Å². The van der Waals surface area contributed by atoms with Crippen LogP contribution in [-0.4, -0.2) is 10.2 Å². The van der Waals surface area contributed by atoms with Gasteiger partial charge in [0.25, 0.3) is 11.1 Å². The summed E-state index contributed by atoms with van der Waals surface area (Å²) in [6.45, 7) is 4.29. The first-order chi connectivity index (χ1) is 9.95. The molecule has 1 aromatic carbocycles. The van der Waals surface area contributed by atoms with Crippen molar-refractivity contribution >= 4 is 35.0 Å². The first-order valence-electron chi connectivity index (χ1n) is 6.69. The summed E-state index contributed by atoms with van der Waals surface area (Å²) in [7, 11) is 0. The Hall–Kier alpha value is -0.750. The van der Waals surface area contributed by atoms with E-state index in [0.717, 1.165) is 12.0 Å². The SMILES string of the molecule is CC(C)CC([NH3+])c1nnc(SCc2ccc(Cl)c(Cl)c2)o1. The summed E-state index contributed by atoms with van der Waals surface area (Å²) in [4.78, 5) is 0. The Morgan fingerprint density at radius 2 is 2.00 bits per heavy atom. The predicted octanol–water partition coefficient (Wildman–Crippen LogP) is 4.00. The quantitative estimate of drug-likeness (QED) is 0.802. The van der Waals surface area contributed by atoms with Gasteiger partial charge in [-0.15, -0.1) is 10.2 Å². The minimum Gasteiger partial charge on any atom is -0.410 e. The van der Waals surface area contributed by atoms with E-state index in [1.165, 1.54) is 11.8 Å². The van der Waals surface area contributed by atoms with Gasteiger partial charge in [-0.1, -0.05) is 54.9 Å². The number of quaternary nitrogens is 1. The summed E-state index contributed by atoms with van der Waals surface area (Å²) in [6, 6.07) is 5.60. The molecule has 0 radical (unpaired) electrons. The van der Waals surface area contributed by atoms with Gasteiger partial charge in [0.1, 0.15) is 0 Å². The van der Waals surface area contributed by atoms with Gasteiger partial charge in [-0.05, 0) is 23.6 Å². The molecule has 4 nitrogen and oxygen atoms in total. The third-order valence-electron chi connectivity index (χ3n) is 2.87. The normalized spacial score (nSPS) is 12.9. The van der Waals surface area contributed by atoms with Crippen molar-refractivity contribution < 1.29 is 10.2 Å². The minimum atomic E-state index is 0.0387. The highest BCUT2D eigenvalue weighted by Gasteiger charge is 2.19. The lowest BCUT2D eigenvalue weighted by atomic mass is 10.1. The van der Waals surface area contributed by atoms with Crippen molar-refractivity contribution in [2.24, 2.45) is 5.92 Å². The standard InChI is InChI=1S/C14H17Cl2N3OS/c1-8(2)5-12(17)13-18-19-14(20-13)21-7-9-3-4-10(15)11(16)6-9/h3-4,6,8,12H,5,7,17H2,1-2H3/p+1. The zero-order valence-corrected chi connectivity index (χ0v) is 14.3. The van der Waals surface area contributed by atoms with Crippen LogP contribution in [0.1, 0.15) is 37.8 Å². The monoisotopic (exact) mass is 346 g/mol. The first-order valence-corrected chi connectivity index (χ1v) is 8.43. The fourth-order valence-electron chi connectivity index (χ4n) is 1.89. The van der Waals surface area contributed by atoms with Crippen LogP contribution in [0.4, 0.5) is 0 Å². The highest BCUT2D eigenvalue weighted by Crippen LogP contribution is 2.28. The molecule has 0 saturated heterocycles. The van der Waals surface area contributed by atoms with Crippen molar-refractivity contribution in [3.05, 3.63) is 39.7 Å². The fraction of sp³-hybridized carbons (Fsp3) is 0.429. The van der Waals surface area contributed by atoms with Crippen LogP contribution in [0.2, 0.25) is 10.0 Å². The van der Waals surface area contributed by atoms with Gasteiger partial charge >= 0.3 is 0 Å². The summed E-state index contributed by atoms with van der Waals surface area (Å²) in [6.07, 6.45) is 0.930. The van der Waals surface area contributed by atoms with Gasteiger partial charge in [0, 0.05) is 12.2 Å². The van der Waals surface area contributed by atoms with Gasteiger partial charge in [-0.3, -0.25) is 0 Å². The van der Waals surface area contributed by atoms with Gasteiger partial charge in [0.05, 0.1) is 10.0 Å². The average Bonchev–Trinajstić information content (AvgIpc) is 2.88. The molecule has 0 aliphatic rings. The summed E-state index contributed by atoms with van der Waals surface area (Å²) in [5, 5.41) is 9.77. The second-order valence-electron chi connectivity index (χ2n) is 5.27. The van der Waals surface area contributed by atoms with Crippen molar-refractivity contribution in [2.45, 2.75) is 37.3 Å². The van der Waals surface area contributed by atoms with E-state index in [4.69, 9.17) is 27.6 Å². The van der Waals surface area contributed by atoms with Crippen LogP contribution in [0.5, 0.6) is 0 Å². The molecule has 1 unspecified atom stereocenters. The summed E-state index contributed by atoms with van der Waals surface area (Å²) in [5.41, 5.74) is 5.12. The van der Waals surface area contributed by atoms with Gasteiger partial charge in [0.15, 0.2) is 6.04 Å². The zero-order chi connectivity index (χ0) is 15.4. The molecule has 2 rings (SSSR count). The molecule has 0 aliphatic carbocycles. The highest BCUT2D eigenvalue weighted by molar-refractivity contribution is 7.98. The Labute approximate surface area is 138 Å². The maximum Gasteiger partial charge on any atom is 0.277 e. The Morgan fingerprint density at radius 3 is 2.67 bits per heavy atom. The Bertz CT molecular complexity index is 604. The number of rotatable bonds is 6. The van der Waals surface area contributed by atoms with Crippen LogP contribution >= 0.6 is 35.0 Å². The number of benzene rings is 1. The number of hydrogen-bond donors (Lipinski definition) is 1. The van der Waals surface area contributed by atoms with Crippen LogP contribution in [0.15, 0.2) is 27.8 Å². The maximum absolute atomic E-state index is 5.99. The molecule has 0 fully saturated rings. The van der Waals surface area contributed by atoms with E-state index in [1.54, 1.807) is 6.07 Å². The number of nitrogens with zero attached hydrogens (tertiary/aromatic N) is 2. The molecule has 0 aliphatic heterocycles. The van der Waals surface area contributed by atoms with Crippen LogP contribution in [0, 0.1) is 5.92 Å². The van der Waals surface area contributed by atoms with Crippen molar-refractivity contribution in [1.82, 2.24) is 10.2 Å². The van der Waals surface area contributed by atoms with Crippen LogP contribution in [0.25, 0.3) is 0 Å². The average molecular weight is 347 g/mol. The van der Waals surface area contributed by atoms with E-state index in [-0.39, 0.29) is 6.04 Å². The molecule has 7 heteroatoms. The molecule has 21 heavy (non-hydrogen) atoms. The van der Waals surface area contributed by atoms with E-state index in [1.807, 2.05) is 12.1 Å². The fourth-order valence-corrected chi connectivity index (χ4v) is 2.92. The number of hydrogen-bond acceptors (Lipinski definition) is 4. The molecule has 0 saturated carbocycles. The van der Waals surface area contributed by atoms with Gasteiger partial charge in [0.2, 0.25) is 0 Å². The topological polar surface area (TPSA) is 66.6 Å². The summed E-state index contributed by atoms with van der Waals surface area (Å²) >= 11 is 13.4. The van der Waals surface area contributed by atoms with E-state index < -0.39 is 0 Å². The third-order valence-corrected chi connectivity index (χ3v) is 4.50. The smallest absolute Gasteiger partial charge is 0.277 e.